The minimum atomic E-state index is -3.67. The zero-order valence-electron chi connectivity index (χ0n) is 16.6. The van der Waals surface area contributed by atoms with E-state index in [9.17, 15) is 22.7 Å². The SMILES string of the molecule is NC1CCC(C(=O)NC2CCC(F)C(Cl)C2)CC1S(=O)(=O)NC1CCC(O)CC1. The molecule has 0 aliphatic heterocycles. The fourth-order valence-electron chi connectivity index (χ4n) is 4.79. The van der Waals surface area contributed by atoms with E-state index in [1.807, 2.05) is 0 Å². The summed E-state index contributed by atoms with van der Waals surface area (Å²) in [6, 6.07) is -0.879. The van der Waals surface area contributed by atoms with Crippen LogP contribution in [0.2, 0.25) is 0 Å². The van der Waals surface area contributed by atoms with Crippen LogP contribution in [0.15, 0.2) is 0 Å². The lowest BCUT2D eigenvalue weighted by Crippen LogP contribution is -2.54. The number of aliphatic hydroxyl groups excluding tert-OH is 1. The minimum Gasteiger partial charge on any atom is -0.393 e. The van der Waals surface area contributed by atoms with Gasteiger partial charge in [-0.05, 0) is 64.2 Å². The lowest BCUT2D eigenvalue weighted by Gasteiger charge is -2.36. The number of alkyl halides is 2. The molecule has 3 rings (SSSR count). The molecule has 6 atom stereocenters. The predicted molar refractivity (Wildman–Crippen MR) is 110 cm³/mol. The molecular weight excluding hydrogens is 421 g/mol. The summed E-state index contributed by atoms with van der Waals surface area (Å²) >= 11 is 5.99. The van der Waals surface area contributed by atoms with E-state index in [1.54, 1.807) is 0 Å². The van der Waals surface area contributed by atoms with E-state index < -0.39 is 38.8 Å². The van der Waals surface area contributed by atoms with E-state index in [2.05, 4.69) is 10.0 Å². The molecule has 0 aromatic carbocycles. The van der Waals surface area contributed by atoms with Crippen molar-refractivity contribution in [2.24, 2.45) is 11.7 Å². The van der Waals surface area contributed by atoms with Crippen LogP contribution in [-0.2, 0) is 14.8 Å². The number of nitrogens with two attached hydrogens (primary N) is 1. The van der Waals surface area contributed by atoms with E-state index in [0.717, 1.165) is 0 Å². The molecule has 5 N–H and O–H groups in total. The molecule has 29 heavy (non-hydrogen) atoms. The quantitative estimate of drug-likeness (QED) is 0.468. The maximum atomic E-state index is 13.5. The number of nitrogens with one attached hydrogen (secondary N) is 2. The van der Waals surface area contributed by atoms with Crippen LogP contribution in [0.4, 0.5) is 4.39 Å². The van der Waals surface area contributed by atoms with Crippen molar-refractivity contribution < 1.29 is 22.7 Å². The highest BCUT2D eigenvalue weighted by atomic mass is 35.5. The first-order chi connectivity index (χ1) is 13.7. The molecule has 0 radical (unpaired) electrons. The van der Waals surface area contributed by atoms with Crippen molar-refractivity contribution in [1.29, 1.82) is 0 Å². The number of halogens is 2. The molecule has 6 unspecified atom stereocenters. The summed E-state index contributed by atoms with van der Waals surface area (Å²) in [6.45, 7) is 0. The second-order valence-electron chi connectivity index (χ2n) is 8.93. The van der Waals surface area contributed by atoms with Crippen molar-refractivity contribution in [2.45, 2.75) is 105 Å². The summed E-state index contributed by atoms with van der Waals surface area (Å²) in [4.78, 5) is 12.7. The standard InChI is InChI=1S/C19H33ClFN3O4S/c20-15-10-13(4-7-16(15)21)23-19(26)11-1-8-17(22)18(9-11)29(27,28)24-12-2-5-14(25)6-3-12/h11-18,24-25H,1-10,22H2,(H,23,26). The van der Waals surface area contributed by atoms with Crippen LogP contribution in [0.25, 0.3) is 0 Å². The third kappa shape index (κ3) is 6.03. The Kier molecular flexibility index (Phi) is 7.81. The lowest BCUT2D eigenvalue weighted by atomic mass is 9.84. The van der Waals surface area contributed by atoms with Crippen molar-refractivity contribution in [3.63, 3.8) is 0 Å². The number of aliphatic hydroxyl groups is 1. The van der Waals surface area contributed by atoms with E-state index in [1.165, 1.54) is 0 Å². The van der Waals surface area contributed by atoms with Crippen molar-refractivity contribution in [3.05, 3.63) is 0 Å². The second kappa shape index (κ2) is 9.77. The van der Waals surface area contributed by atoms with Gasteiger partial charge in [-0.25, -0.2) is 17.5 Å². The van der Waals surface area contributed by atoms with Gasteiger partial charge in [-0.2, -0.15) is 0 Å². The highest BCUT2D eigenvalue weighted by Gasteiger charge is 2.41. The maximum absolute atomic E-state index is 13.5. The fraction of sp³-hybridized carbons (Fsp3) is 0.947. The first-order valence-electron chi connectivity index (χ1n) is 10.7. The molecule has 3 fully saturated rings. The number of rotatable bonds is 5. The molecule has 1 amide bonds. The van der Waals surface area contributed by atoms with Crippen molar-refractivity contribution in [1.82, 2.24) is 10.0 Å². The molecule has 0 saturated heterocycles. The van der Waals surface area contributed by atoms with Crippen molar-refractivity contribution >= 4 is 27.5 Å². The number of amides is 1. The van der Waals surface area contributed by atoms with E-state index in [-0.39, 0.29) is 30.5 Å². The third-order valence-corrected chi connectivity index (χ3v) is 9.13. The Morgan fingerprint density at radius 1 is 1.00 bits per heavy atom. The van der Waals surface area contributed by atoms with Gasteiger partial charge in [-0.15, -0.1) is 11.6 Å². The first kappa shape index (κ1) is 23.2. The lowest BCUT2D eigenvalue weighted by molar-refractivity contribution is -0.127. The van der Waals surface area contributed by atoms with Gasteiger partial charge in [0.25, 0.3) is 0 Å². The molecule has 0 aromatic heterocycles. The topological polar surface area (TPSA) is 122 Å². The third-order valence-electron chi connectivity index (χ3n) is 6.68. The van der Waals surface area contributed by atoms with Gasteiger partial charge in [0.15, 0.2) is 0 Å². The molecule has 168 valence electrons. The van der Waals surface area contributed by atoms with Crippen LogP contribution in [0.3, 0.4) is 0 Å². The number of carbonyl (C=O) groups is 1. The van der Waals surface area contributed by atoms with Crippen LogP contribution in [-0.4, -0.2) is 60.5 Å². The highest BCUT2D eigenvalue weighted by Crippen LogP contribution is 2.31. The first-order valence-corrected chi connectivity index (χ1v) is 12.7. The van der Waals surface area contributed by atoms with Gasteiger partial charge in [-0.1, -0.05) is 0 Å². The van der Waals surface area contributed by atoms with Gasteiger partial charge in [0, 0.05) is 24.0 Å². The number of carbonyl (C=O) groups excluding carboxylic acids is 1. The van der Waals surface area contributed by atoms with Gasteiger partial charge < -0.3 is 16.2 Å². The zero-order chi connectivity index (χ0) is 21.2. The summed E-state index contributed by atoms with van der Waals surface area (Å²) in [5.41, 5.74) is 6.12. The second-order valence-corrected chi connectivity index (χ2v) is 11.4. The molecule has 3 saturated carbocycles. The number of sulfonamides is 1. The van der Waals surface area contributed by atoms with Crippen LogP contribution >= 0.6 is 11.6 Å². The largest absolute Gasteiger partial charge is 0.393 e. The van der Waals surface area contributed by atoms with Gasteiger partial charge in [0.05, 0.1) is 16.7 Å². The minimum absolute atomic E-state index is 0.172. The molecule has 0 spiro atoms. The van der Waals surface area contributed by atoms with E-state index >= 15 is 0 Å². The van der Waals surface area contributed by atoms with E-state index in [0.29, 0.717) is 57.8 Å². The normalized spacial score (nSPS) is 41.7. The highest BCUT2D eigenvalue weighted by molar-refractivity contribution is 7.90. The van der Waals surface area contributed by atoms with Crippen molar-refractivity contribution in [3.8, 4) is 0 Å². The van der Waals surface area contributed by atoms with Gasteiger partial charge in [0.2, 0.25) is 15.9 Å². The maximum Gasteiger partial charge on any atom is 0.223 e. The molecule has 3 aliphatic rings. The van der Waals surface area contributed by atoms with Crippen LogP contribution < -0.4 is 15.8 Å². The van der Waals surface area contributed by atoms with Crippen LogP contribution in [0.5, 0.6) is 0 Å². The molecule has 0 heterocycles. The zero-order valence-corrected chi connectivity index (χ0v) is 18.2. The Labute approximate surface area is 177 Å². The molecule has 10 heteroatoms. The molecule has 0 aromatic rings. The summed E-state index contributed by atoms with van der Waals surface area (Å²) in [5, 5.41) is 11.1. The van der Waals surface area contributed by atoms with Gasteiger partial charge >= 0.3 is 0 Å². The molecule has 7 nitrogen and oxygen atoms in total. The molecule has 0 bridgehead atoms. The monoisotopic (exact) mass is 453 g/mol. The predicted octanol–water partition coefficient (Wildman–Crippen LogP) is 1.32. The Hall–Kier alpha value is -0.480. The Bertz CT molecular complexity index is 674. The number of hydrogen-bond donors (Lipinski definition) is 4. The summed E-state index contributed by atoms with van der Waals surface area (Å²) in [7, 11) is -3.67. The smallest absolute Gasteiger partial charge is 0.223 e. The molecular formula is C19H33ClFN3O4S. The average Bonchev–Trinajstić information content (AvgIpc) is 2.66. The Morgan fingerprint density at radius 3 is 2.31 bits per heavy atom. The van der Waals surface area contributed by atoms with Gasteiger partial charge in [-0.3, -0.25) is 4.79 Å². The fourth-order valence-corrected chi connectivity index (χ4v) is 7.09. The van der Waals surface area contributed by atoms with E-state index in [4.69, 9.17) is 17.3 Å². The van der Waals surface area contributed by atoms with Crippen molar-refractivity contribution in [2.75, 3.05) is 0 Å². The summed E-state index contributed by atoms with van der Waals surface area (Å²) < 4.78 is 42.2. The summed E-state index contributed by atoms with van der Waals surface area (Å²) in [5.74, 6) is -0.620. The van der Waals surface area contributed by atoms with Crippen LogP contribution in [0.1, 0.15) is 64.2 Å². The Balaban J connectivity index is 1.57. The number of hydrogen-bond acceptors (Lipinski definition) is 5. The van der Waals surface area contributed by atoms with Gasteiger partial charge in [0.1, 0.15) is 6.17 Å². The molecule has 3 aliphatic carbocycles. The Morgan fingerprint density at radius 2 is 1.66 bits per heavy atom. The average molecular weight is 454 g/mol. The van der Waals surface area contributed by atoms with Crippen LogP contribution in [0, 0.1) is 5.92 Å². The summed E-state index contributed by atoms with van der Waals surface area (Å²) in [6.07, 6.45) is 3.39.